The number of carbonyl (C=O) groups is 1. The van der Waals surface area contributed by atoms with Crippen LogP contribution in [-0.4, -0.2) is 33.9 Å². The van der Waals surface area contributed by atoms with Crippen molar-refractivity contribution < 1.29 is 13.6 Å². The third kappa shape index (κ3) is 3.18. The second-order valence-corrected chi connectivity index (χ2v) is 7.34. The van der Waals surface area contributed by atoms with Gasteiger partial charge in [0, 0.05) is 24.4 Å². The average molecular weight is 391 g/mol. The maximum atomic E-state index is 13.4. The fourth-order valence-corrected chi connectivity index (χ4v) is 3.93. The number of fused-ring (bicyclic) bond motifs is 2. The van der Waals surface area contributed by atoms with E-state index in [0.717, 1.165) is 16.7 Å². The van der Waals surface area contributed by atoms with E-state index in [2.05, 4.69) is 9.97 Å². The molecule has 0 bridgehead atoms. The highest BCUT2D eigenvalue weighted by molar-refractivity contribution is 5.96. The molecule has 1 fully saturated rings. The lowest BCUT2D eigenvalue weighted by Crippen LogP contribution is -2.39. The van der Waals surface area contributed by atoms with Gasteiger partial charge in [0.05, 0.1) is 11.0 Å². The molecular weight excluding hydrogens is 373 g/mol. The highest BCUT2D eigenvalue weighted by Crippen LogP contribution is 2.28. The first kappa shape index (κ1) is 17.6. The minimum absolute atomic E-state index is 0.0568. The number of halogens is 1. The second-order valence-electron chi connectivity index (χ2n) is 7.34. The van der Waals surface area contributed by atoms with Crippen molar-refractivity contribution in [3.63, 3.8) is 0 Å². The van der Waals surface area contributed by atoms with Crippen LogP contribution in [0, 0.1) is 5.82 Å². The number of hydrogen-bond acceptors (Lipinski definition) is 4. The molecule has 1 saturated heterocycles. The van der Waals surface area contributed by atoms with Gasteiger partial charge < -0.3 is 14.3 Å². The number of carbonyl (C=O) groups excluding carboxylic acids is 1. The summed E-state index contributed by atoms with van der Waals surface area (Å²) in [6.45, 7) is 1.03. The summed E-state index contributed by atoms with van der Waals surface area (Å²) in [4.78, 5) is 34.6. The van der Waals surface area contributed by atoms with Gasteiger partial charge in [-0.3, -0.25) is 4.79 Å². The fourth-order valence-electron chi connectivity index (χ4n) is 3.93. The van der Waals surface area contributed by atoms with Crippen molar-refractivity contribution in [1.29, 1.82) is 0 Å². The Kier molecular flexibility index (Phi) is 4.16. The van der Waals surface area contributed by atoms with E-state index in [-0.39, 0.29) is 23.2 Å². The number of hydrogen-bond donors (Lipinski definition) is 1. The lowest BCUT2D eigenvalue weighted by molar-refractivity contribution is 0.0707. The van der Waals surface area contributed by atoms with E-state index >= 15 is 0 Å². The van der Waals surface area contributed by atoms with E-state index in [1.54, 1.807) is 29.2 Å². The molecule has 0 aliphatic carbocycles. The maximum Gasteiger partial charge on any atom is 0.349 e. The van der Waals surface area contributed by atoms with E-state index in [1.807, 2.05) is 12.1 Å². The van der Waals surface area contributed by atoms with Crippen molar-refractivity contribution in [3.05, 3.63) is 76.2 Å². The Morgan fingerprint density at radius 2 is 1.93 bits per heavy atom. The summed E-state index contributed by atoms with van der Waals surface area (Å²) >= 11 is 0. The number of rotatable bonds is 2. The van der Waals surface area contributed by atoms with Crippen molar-refractivity contribution in [2.45, 2.75) is 18.8 Å². The number of nitrogens with zero attached hydrogens (tertiary/aromatic N) is 2. The van der Waals surface area contributed by atoms with Crippen molar-refractivity contribution in [2.24, 2.45) is 0 Å². The van der Waals surface area contributed by atoms with Crippen LogP contribution in [-0.2, 0) is 0 Å². The lowest BCUT2D eigenvalue weighted by Gasteiger charge is -2.31. The Bertz CT molecular complexity index is 1290. The highest BCUT2D eigenvalue weighted by atomic mass is 19.1. The monoisotopic (exact) mass is 391 g/mol. The van der Waals surface area contributed by atoms with Crippen LogP contribution in [0.4, 0.5) is 4.39 Å². The van der Waals surface area contributed by atoms with Gasteiger partial charge in [-0.1, -0.05) is 18.2 Å². The van der Waals surface area contributed by atoms with Gasteiger partial charge in [0.1, 0.15) is 22.8 Å². The molecule has 2 aromatic heterocycles. The largest absolute Gasteiger partial charge is 0.422 e. The molecule has 5 rings (SSSR count). The normalized spacial score (nSPS) is 15.3. The van der Waals surface area contributed by atoms with E-state index < -0.39 is 5.63 Å². The Labute approximate surface area is 165 Å². The summed E-state index contributed by atoms with van der Waals surface area (Å²) < 4.78 is 18.7. The summed E-state index contributed by atoms with van der Waals surface area (Å²) in [5, 5.41) is 0.722. The maximum absolute atomic E-state index is 13.4. The van der Waals surface area contributed by atoms with Crippen LogP contribution in [0.3, 0.4) is 0 Å². The van der Waals surface area contributed by atoms with Crippen molar-refractivity contribution in [2.75, 3.05) is 13.1 Å². The third-order valence-electron chi connectivity index (χ3n) is 5.50. The average Bonchev–Trinajstić information content (AvgIpc) is 3.16. The first-order chi connectivity index (χ1) is 14.1. The number of aromatic amines is 1. The van der Waals surface area contributed by atoms with Crippen molar-refractivity contribution >= 4 is 27.9 Å². The lowest BCUT2D eigenvalue weighted by atomic mass is 9.95. The second kappa shape index (κ2) is 6.84. The van der Waals surface area contributed by atoms with Gasteiger partial charge in [-0.15, -0.1) is 0 Å². The Hall–Kier alpha value is -3.48. The molecule has 0 radical (unpaired) electrons. The van der Waals surface area contributed by atoms with Crippen molar-refractivity contribution in [1.82, 2.24) is 14.9 Å². The standard InChI is InChI=1S/C22H18FN3O3/c23-15-5-6-17-18(12-15)25-20(24-17)13-7-9-26(10-8-13)21(27)16-11-14-3-1-2-4-19(14)29-22(16)28/h1-6,11-13H,7-10H2,(H,24,25). The SMILES string of the molecule is O=C(c1cc2ccccc2oc1=O)N1CCC(c2nc3ccc(F)cc3[nH]2)CC1. The predicted octanol–water partition coefficient (Wildman–Crippen LogP) is 3.83. The van der Waals surface area contributed by atoms with E-state index in [1.165, 1.54) is 12.1 Å². The third-order valence-corrected chi connectivity index (χ3v) is 5.50. The summed E-state index contributed by atoms with van der Waals surface area (Å²) in [6.07, 6.45) is 1.43. The smallest absolute Gasteiger partial charge is 0.349 e. The first-order valence-electron chi connectivity index (χ1n) is 9.56. The number of likely N-dealkylation sites (tertiary alicyclic amines) is 1. The molecule has 29 heavy (non-hydrogen) atoms. The molecule has 6 nitrogen and oxygen atoms in total. The molecule has 1 N–H and O–H groups in total. The van der Waals surface area contributed by atoms with E-state index in [9.17, 15) is 14.0 Å². The summed E-state index contributed by atoms with van der Waals surface area (Å²) in [5.74, 6) is 0.349. The quantitative estimate of drug-likeness (QED) is 0.527. The Balaban J connectivity index is 1.34. The van der Waals surface area contributed by atoms with Gasteiger partial charge in [-0.05, 0) is 43.2 Å². The van der Waals surface area contributed by atoms with Crippen LogP contribution in [0.1, 0.15) is 34.9 Å². The minimum atomic E-state index is -0.616. The molecule has 7 heteroatoms. The number of para-hydroxylation sites is 1. The summed E-state index contributed by atoms with van der Waals surface area (Å²) in [6, 6.07) is 13.2. The van der Waals surface area contributed by atoms with Gasteiger partial charge in [-0.25, -0.2) is 14.2 Å². The van der Waals surface area contributed by atoms with Crippen LogP contribution >= 0.6 is 0 Å². The van der Waals surface area contributed by atoms with E-state index in [4.69, 9.17) is 4.42 Å². The molecule has 146 valence electrons. The molecule has 0 atom stereocenters. The predicted molar refractivity (Wildman–Crippen MR) is 106 cm³/mol. The number of benzene rings is 2. The van der Waals surface area contributed by atoms with Crippen LogP contribution in [0.25, 0.3) is 22.0 Å². The number of amides is 1. The van der Waals surface area contributed by atoms with Crippen LogP contribution in [0.15, 0.2) is 57.7 Å². The summed E-state index contributed by atoms with van der Waals surface area (Å²) in [7, 11) is 0. The zero-order chi connectivity index (χ0) is 20.0. The van der Waals surface area contributed by atoms with Crippen LogP contribution in [0.2, 0.25) is 0 Å². The molecule has 0 unspecified atom stereocenters. The minimum Gasteiger partial charge on any atom is -0.422 e. The Morgan fingerprint density at radius 1 is 1.14 bits per heavy atom. The number of nitrogens with one attached hydrogen (secondary N) is 1. The molecule has 4 aromatic rings. The number of aromatic nitrogens is 2. The zero-order valence-corrected chi connectivity index (χ0v) is 15.5. The number of imidazole rings is 1. The molecule has 2 aromatic carbocycles. The first-order valence-corrected chi connectivity index (χ1v) is 9.56. The van der Waals surface area contributed by atoms with Gasteiger partial charge in [0.15, 0.2) is 0 Å². The zero-order valence-electron chi connectivity index (χ0n) is 15.5. The molecule has 0 spiro atoms. The van der Waals surface area contributed by atoms with Gasteiger partial charge >= 0.3 is 5.63 Å². The molecule has 3 heterocycles. The fraction of sp³-hybridized carbons (Fsp3) is 0.227. The van der Waals surface area contributed by atoms with Gasteiger partial charge in [0.25, 0.3) is 5.91 Å². The summed E-state index contributed by atoms with van der Waals surface area (Å²) in [5.41, 5.74) is 1.31. The molecule has 0 saturated carbocycles. The molecule has 1 aliphatic heterocycles. The van der Waals surface area contributed by atoms with Crippen LogP contribution < -0.4 is 5.63 Å². The molecular formula is C22H18FN3O3. The highest BCUT2D eigenvalue weighted by Gasteiger charge is 2.28. The van der Waals surface area contributed by atoms with E-state index in [0.29, 0.717) is 37.0 Å². The Morgan fingerprint density at radius 3 is 2.76 bits per heavy atom. The number of piperidine rings is 1. The van der Waals surface area contributed by atoms with Gasteiger partial charge in [0.2, 0.25) is 0 Å². The van der Waals surface area contributed by atoms with Crippen LogP contribution in [0.5, 0.6) is 0 Å². The molecule has 1 amide bonds. The molecule has 1 aliphatic rings. The van der Waals surface area contributed by atoms with Gasteiger partial charge in [-0.2, -0.15) is 0 Å². The topological polar surface area (TPSA) is 79.2 Å². The number of H-pyrrole nitrogens is 1. The van der Waals surface area contributed by atoms with Crippen molar-refractivity contribution in [3.8, 4) is 0 Å².